The standard InChI is InChI=1S/C12H10N2O2/c15-12(16)7-3-4-10-9(6-7)8-2-1-5-13-11(8)14-10/h1-4,6,13-14H,5H2,(H,15,16). The molecule has 1 aromatic carbocycles. The molecular formula is C12H10N2O2. The molecule has 2 aromatic rings. The van der Waals surface area contributed by atoms with Crippen LogP contribution in [-0.2, 0) is 0 Å². The Labute approximate surface area is 91.6 Å². The molecule has 0 saturated carbocycles. The molecular weight excluding hydrogens is 204 g/mol. The second-order valence-corrected chi connectivity index (χ2v) is 3.76. The van der Waals surface area contributed by atoms with Gasteiger partial charge in [-0.1, -0.05) is 12.2 Å². The van der Waals surface area contributed by atoms with E-state index in [9.17, 15) is 4.79 Å². The molecule has 0 amide bonds. The lowest BCUT2D eigenvalue weighted by molar-refractivity contribution is 0.0697. The molecule has 1 aliphatic heterocycles. The third-order valence-electron chi connectivity index (χ3n) is 2.77. The van der Waals surface area contributed by atoms with Gasteiger partial charge < -0.3 is 15.4 Å². The maximum Gasteiger partial charge on any atom is 0.335 e. The quantitative estimate of drug-likeness (QED) is 0.682. The molecule has 3 N–H and O–H groups in total. The largest absolute Gasteiger partial charge is 0.478 e. The van der Waals surface area contributed by atoms with Gasteiger partial charge in [-0.2, -0.15) is 0 Å². The maximum absolute atomic E-state index is 10.9. The van der Waals surface area contributed by atoms with Crippen LogP contribution in [0, 0.1) is 0 Å². The van der Waals surface area contributed by atoms with E-state index < -0.39 is 5.97 Å². The fourth-order valence-corrected chi connectivity index (χ4v) is 2.00. The summed E-state index contributed by atoms with van der Waals surface area (Å²) in [4.78, 5) is 14.1. The van der Waals surface area contributed by atoms with E-state index in [4.69, 9.17) is 5.11 Å². The van der Waals surface area contributed by atoms with Crippen LogP contribution in [0.4, 0.5) is 5.82 Å². The monoisotopic (exact) mass is 214 g/mol. The number of hydrogen-bond acceptors (Lipinski definition) is 2. The molecule has 0 bridgehead atoms. The van der Waals surface area contributed by atoms with E-state index in [1.165, 1.54) is 0 Å². The summed E-state index contributed by atoms with van der Waals surface area (Å²) in [6.45, 7) is 0.797. The van der Waals surface area contributed by atoms with E-state index in [0.29, 0.717) is 5.56 Å². The molecule has 2 heterocycles. The first-order chi connectivity index (χ1) is 7.75. The molecule has 1 aromatic heterocycles. The predicted molar refractivity (Wildman–Crippen MR) is 62.8 cm³/mol. The molecule has 0 fully saturated rings. The average Bonchev–Trinajstić information content (AvgIpc) is 2.66. The summed E-state index contributed by atoms with van der Waals surface area (Å²) in [5.74, 6) is 0.0598. The van der Waals surface area contributed by atoms with Gasteiger partial charge in [-0.15, -0.1) is 0 Å². The molecule has 0 aliphatic carbocycles. The van der Waals surface area contributed by atoms with Gasteiger partial charge in [0.1, 0.15) is 5.82 Å². The van der Waals surface area contributed by atoms with E-state index >= 15 is 0 Å². The van der Waals surface area contributed by atoms with Crippen LogP contribution in [0.15, 0.2) is 24.3 Å². The van der Waals surface area contributed by atoms with Gasteiger partial charge in [-0.25, -0.2) is 4.79 Å². The van der Waals surface area contributed by atoms with E-state index in [1.54, 1.807) is 18.2 Å². The highest BCUT2D eigenvalue weighted by Crippen LogP contribution is 2.30. The number of rotatable bonds is 1. The number of benzene rings is 1. The summed E-state index contributed by atoms with van der Waals surface area (Å²) in [6, 6.07) is 5.10. The summed E-state index contributed by atoms with van der Waals surface area (Å²) >= 11 is 0. The summed E-state index contributed by atoms with van der Waals surface area (Å²) in [5.41, 5.74) is 2.30. The number of hydrogen-bond donors (Lipinski definition) is 3. The first-order valence-electron chi connectivity index (χ1n) is 5.05. The molecule has 0 atom stereocenters. The number of H-pyrrole nitrogens is 1. The van der Waals surface area contributed by atoms with Crippen molar-refractivity contribution >= 4 is 28.8 Å². The van der Waals surface area contributed by atoms with Gasteiger partial charge in [-0.05, 0) is 18.2 Å². The van der Waals surface area contributed by atoms with Crippen molar-refractivity contribution < 1.29 is 9.90 Å². The van der Waals surface area contributed by atoms with Crippen molar-refractivity contribution in [1.29, 1.82) is 0 Å². The first-order valence-corrected chi connectivity index (χ1v) is 5.05. The minimum atomic E-state index is -0.899. The zero-order chi connectivity index (χ0) is 11.1. The number of anilines is 1. The Hall–Kier alpha value is -2.23. The molecule has 3 rings (SSSR count). The highest BCUT2D eigenvalue weighted by molar-refractivity contribution is 6.00. The SMILES string of the molecule is O=C(O)c1ccc2[nH]c3c(c2c1)C=CCN3. The van der Waals surface area contributed by atoms with E-state index in [-0.39, 0.29) is 0 Å². The van der Waals surface area contributed by atoms with Crippen molar-refractivity contribution in [2.45, 2.75) is 0 Å². The van der Waals surface area contributed by atoms with Gasteiger partial charge in [0.25, 0.3) is 0 Å². The van der Waals surface area contributed by atoms with Crippen LogP contribution in [0.1, 0.15) is 15.9 Å². The smallest absolute Gasteiger partial charge is 0.335 e. The number of fused-ring (bicyclic) bond motifs is 3. The van der Waals surface area contributed by atoms with Gasteiger partial charge >= 0.3 is 5.97 Å². The van der Waals surface area contributed by atoms with E-state index in [1.807, 2.05) is 12.2 Å². The van der Waals surface area contributed by atoms with Crippen LogP contribution in [0.2, 0.25) is 0 Å². The van der Waals surface area contributed by atoms with Crippen molar-refractivity contribution in [3.63, 3.8) is 0 Å². The van der Waals surface area contributed by atoms with Gasteiger partial charge in [0.15, 0.2) is 0 Å². The number of carboxylic acid groups (broad SMARTS) is 1. The van der Waals surface area contributed by atoms with Gasteiger partial charge in [-0.3, -0.25) is 0 Å². The Kier molecular flexibility index (Phi) is 1.77. The second-order valence-electron chi connectivity index (χ2n) is 3.76. The lowest BCUT2D eigenvalue weighted by Crippen LogP contribution is -2.03. The summed E-state index contributed by atoms with van der Waals surface area (Å²) < 4.78 is 0. The van der Waals surface area contributed by atoms with Crippen LogP contribution in [0.25, 0.3) is 17.0 Å². The number of carbonyl (C=O) groups is 1. The van der Waals surface area contributed by atoms with Crippen LogP contribution in [0.5, 0.6) is 0 Å². The zero-order valence-electron chi connectivity index (χ0n) is 8.45. The van der Waals surface area contributed by atoms with Crippen molar-refractivity contribution in [2.75, 3.05) is 11.9 Å². The Morgan fingerprint density at radius 2 is 2.25 bits per heavy atom. The normalized spacial score (nSPS) is 13.5. The third-order valence-corrected chi connectivity index (χ3v) is 2.77. The third kappa shape index (κ3) is 1.20. The van der Waals surface area contributed by atoms with Crippen molar-refractivity contribution in [3.05, 3.63) is 35.4 Å². The van der Waals surface area contributed by atoms with Crippen LogP contribution in [0.3, 0.4) is 0 Å². The van der Waals surface area contributed by atoms with Gasteiger partial charge in [0, 0.05) is 23.0 Å². The lowest BCUT2D eigenvalue weighted by Gasteiger charge is -2.06. The molecule has 16 heavy (non-hydrogen) atoms. The summed E-state index contributed by atoms with van der Waals surface area (Å²) in [5, 5.41) is 13.1. The van der Waals surface area contributed by atoms with Crippen LogP contribution < -0.4 is 5.32 Å². The van der Waals surface area contributed by atoms with Gasteiger partial charge in [0.05, 0.1) is 5.56 Å². The maximum atomic E-state index is 10.9. The fraction of sp³-hybridized carbons (Fsp3) is 0.0833. The molecule has 0 radical (unpaired) electrons. The van der Waals surface area contributed by atoms with E-state index in [0.717, 1.165) is 28.8 Å². The topological polar surface area (TPSA) is 65.1 Å². The summed E-state index contributed by atoms with van der Waals surface area (Å²) in [7, 11) is 0. The zero-order valence-corrected chi connectivity index (χ0v) is 8.45. The molecule has 4 heteroatoms. The number of aromatic amines is 1. The molecule has 4 nitrogen and oxygen atoms in total. The number of aromatic nitrogens is 1. The van der Waals surface area contributed by atoms with Crippen LogP contribution in [-0.4, -0.2) is 22.6 Å². The summed E-state index contributed by atoms with van der Waals surface area (Å²) in [6.07, 6.45) is 4.03. The molecule has 0 unspecified atom stereocenters. The Morgan fingerprint density at radius 1 is 1.38 bits per heavy atom. The molecule has 0 saturated heterocycles. The Balaban J connectivity index is 2.30. The fourth-order valence-electron chi connectivity index (χ4n) is 2.00. The molecule has 1 aliphatic rings. The molecule has 0 spiro atoms. The Bertz CT molecular complexity index is 611. The van der Waals surface area contributed by atoms with E-state index in [2.05, 4.69) is 10.3 Å². The molecule has 80 valence electrons. The lowest BCUT2D eigenvalue weighted by atomic mass is 10.1. The van der Waals surface area contributed by atoms with Crippen molar-refractivity contribution in [1.82, 2.24) is 4.98 Å². The minimum absolute atomic E-state index is 0.313. The highest BCUT2D eigenvalue weighted by Gasteiger charge is 2.13. The predicted octanol–water partition coefficient (Wildman–Crippen LogP) is 2.30. The van der Waals surface area contributed by atoms with Crippen molar-refractivity contribution in [3.8, 4) is 0 Å². The van der Waals surface area contributed by atoms with Crippen molar-refractivity contribution in [2.24, 2.45) is 0 Å². The Morgan fingerprint density at radius 3 is 3.06 bits per heavy atom. The first kappa shape index (κ1) is 9.03. The number of aromatic carboxylic acids is 1. The second kappa shape index (κ2) is 3.13. The minimum Gasteiger partial charge on any atom is -0.478 e. The van der Waals surface area contributed by atoms with Gasteiger partial charge in [0.2, 0.25) is 0 Å². The average molecular weight is 214 g/mol. The number of carboxylic acids is 1. The van der Waals surface area contributed by atoms with Crippen LogP contribution >= 0.6 is 0 Å². The highest BCUT2D eigenvalue weighted by atomic mass is 16.4. The number of nitrogens with one attached hydrogen (secondary N) is 2.